The lowest BCUT2D eigenvalue weighted by molar-refractivity contribution is -0.139. The number of aliphatic hydroxyl groups is 1. The van der Waals surface area contributed by atoms with Crippen molar-refractivity contribution < 1.29 is 19.8 Å². The lowest BCUT2D eigenvalue weighted by Crippen LogP contribution is -2.24. The van der Waals surface area contributed by atoms with E-state index in [0.717, 1.165) is 25.7 Å². The first-order valence-electron chi connectivity index (χ1n) is 7.90. The fourth-order valence-electron chi connectivity index (χ4n) is 2.98. The molecule has 2 unspecified atom stereocenters. The quantitative estimate of drug-likeness (QED) is 0.675. The fraction of sp³-hybridized carbons (Fsp3) is 0.765. The number of ketones is 1. The van der Waals surface area contributed by atoms with Crippen LogP contribution < -0.4 is 0 Å². The maximum Gasteiger partial charge on any atom is 0.303 e. The van der Waals surface area contributed by atoms with E-state index < -0.39 is 12.1 Å². The third-order valence-electron chi connectivity index (χ3n) is 4.57. The summed E-state index contributed by atoms with van der Waals surface area (Å²) in [6.07, 6.45) is 7.12. The van der Waals surface area contributed by atoms with Crippen molar-refractivity contribution in [3.63, 3.8) is 0 Å². The van der Waals surface area contributed by atoms with Crippen molar-refractivity contribution in [3.8, 4) is 0 Å². The van der Waals surface area contributed by atoms with Crippen LogP contribution in [0.25, 0.3) is 0 Å². The summed E-state index contributed by atoms with van der Waals surface area (Å²) in [6.45, 7) is 6.01. The molecule has 1 fully saturated rings. The van der Waals surface area contributed by atoms with E-state index in [2.05, 4.69) is 6.92 Å². The Hall–Kier alpha value is -1.16. The van der Waals surface area contributed by atoms with Gasteiger partial charge in [-0.2, -0.15) is 0 Å². The number of unbranched alkanes of at least 4 members (excludes halogenated alkanes) is 1. The Morgan fingerprint density at radius 1 is 1.29 bits per heavy atom. The molecule has 0 heterocycles. The Balaban J connectivity index is 2.65. The Labute approximate surface area is 127 Å². The molecular formula is C17H28O4. The monoisotopic (exact) mass is 296 g/mol. The first kappa shape index (κ1) is 17.9. The first-order valence-corrected chi connectivity index (χ1v) is 7.90. The largest absolute Gasteiger partial charge is 0.481 e. The second-order valence-corrected chi connectivity index (χ2v) is 6.78. The average Bonchev–Trinajstić information content (AvgIpc) is 2.74. The molecule has 4 nitrogen and oxygen atoms in total. The number of aliphatic hydroxyl groups excluding tert-OH is 1. The highest BCUT2D eigenvalue weighted by Gasteiger charge is 2.35. The molecule has 0 aliphatic heterocycles. The molecule has 1 rings (SSSR count). The van der Waals surface area contributed by atoms with Gasteiger partial charge in [0.05, 0.1) is 12.5 Å². The molecule has 0 saturated heterocycles. The Kier molecular flexibility index (Phi) is 6.59. The molecule has 0 aromatic rings. The van der Waals surface area contributed by atoms with E-state index in [4.69, 9.17) is 5.11 Å². The zero-order chi connectivity index (χ0) is 16.0. The molecule has 3 atom stereocenters. The second kappa shape index (κ2) is 7.74. The number of carboxylic acid groups (broad SMARTS) is 1. The predicted molar refractivity (Wildman–Crippen MR) is 81.9 cm³/mol. The van der Waals surface area contributed by atoms with Gasteiger partial charge in [0.2, 0.25) is 0 Å². The van der Waals surface area contributed by atoms with Gasteiger partial charge < -0.3 is 10.2 Å². The summed E-state index contributed by atoms with van der Waals surface area (Å²) in [5.41, 5.74) is -0.369. The second-order valence-electron chi connectivity index (χ2n) is 6.78. The SMILES string of the molecule is CCCCC(C)(C)C(=O)/C=C/C1CC[C@@H](O)C1CC(=O)O. The number of hydrogen-bond acceptors (Lipinski definition) is 3. The standard InChI is InChI=1S/C17H28O4/c1-4-5-10-17(2,3)15(19)9-7-12-6-8-14(18)13(12)11-16(20)21/h7,9,12-14,18H,4-6,8,10-11H2,1-3H3,(H,20,21)/b9-7+/t12?,13?,14-/m1/s1. The maximum absolute atomic E-state index is 12.3. The molecule has 0 spiro atoms. The summed E-state index contributed by atoms with van der Waals surface area (Å²) < 4.78 is 0. The summed E-state index contributed by atoms with van der Waals surface area (Å²) in [6, 6.07) is 0. The summed E-state index contributed by atoms with van der Waals surface area (Å²) in [7, 11) is 0. The van der Waals surface area contributed by atoms with Crippen LogP contribution in [0.1, 0.15) is 59.3 Å². The molecule has 1 aliphatic carbocycles. The van der Waals surface area contributed by atoms with Gasteiger partial charge in [0.25, 0.3) is 0 Å². The summed E-state index contributed by atoms with van der Waals surface area (Å²) in [5.74, 6) is -1.09. The number of carbonyl (C=O) groups is 2. The number of aliphatic carboxylic acids is 1. The van der Waals surface area contributed by atoms with Crippen molar-refractivity contribution in [3.05, 3.63) is 12.2 Å². The lowest BCUT2D eigenvalue weighted by Gasteiger charge is -2.22. The molecule has 4 heteroatoms. The average molecular weight is 296 g/mol. The summed E-state index contributed by atoms with van der Waals surface area (Å²) in [4.78, 5) is 23.1. The van der Waals surface area contributed by atoms with Crippen LogP contribution in [0.2, 0.25) is 0 Å². The van der Waals surface area contributed by atoms with Crippen LogP contribution in [0.3, 0.4) is 0 Å². The molecule has 0 aromatic heterocycles. The predicted octanol–water partition coefficient (Wildman–Crippen LogP) is 3.19. The van der Waals surface area contributed by atoms with E-state index in [0.29, 0.717) is 6.42 Å². The molecule has 1 aliphatic rings. The van der Waals surface area contributed by atoms with Gasteiger partial charge in [-0.15, -0.1) is 0 Å². The van der Waals surface area contributed by atoms with Crippen molar-refractivity contribution in [2.45, 2.75) is 65.4 Å². The van der Waals surface area contributed by atoms with Crippen LogP contribution >= 0.6 is 0 Å². The van der Waals surface area contributed by atoms with Crippen molar-refractivity contribution >= 4 is 11.8 Å². The van der Waals surface area contributed by atoms with Gasteiger partial charge in [0.15, 0.2) is 5.78 Å². The van der Waals surface area contributed by atoms with Gasteiger partial charge in [-0.1, -0.05) is 39.7 Å². The van der Waals surface area contributed by atoms with Gasteiger partial charge >= 0.3 is 5.97 Å². The minimum absolute atomic E-state index is 0.0120. The van der Waals surface area contributed by atoms with Crippen LogP contribution in [0, 0.1) is 17.3 Å². The molecule has 0 bridgehead atoms. The van der Waals surface area contributed by atoms with Crippen LogP contribution in [0.15, 0.2) is 12.2 Å². The normalized spacial score (nSPS) is 26.4. The number of hydrogen-bond donors (Lipinski definition) is 2. The minimum Gasteiger partial charge on any atom is -0.481 e. The number of carboxylic acids is 1. The highest BCUT2D eigenvalue weighted by atomic mass is 16.4. The molecule has 0 amide bonds. The topological polar surface area (TPSA) is 74.6 Å². The van der Waals surface area contributed by atoms with E-state index in [1.54, 1.807) is 6.08 Å². The lowest BCUT2D eigenvalue weighted by atomic mass is 9.82. The van der Waals surface area contributed by atoms with Crippen LogP contribution in [0.4, 0.5) is 0 Å². The molecule has 0 aromatic carbocycles. The van der Waals surface area contributed by atoms with Gasteiger partial charge in [0.1, 0.15) is 0 Å². The number of carbonyl (C=O) groups excluding carboxylic acids is 1. The summed E-state index contributed by atoms with van der Waals surface area (Å²) in [5, 5.41) is 18.8. The first-order chi connectivity index (χ1) is 9.77. The highest BCUT2D eigenvalue weighted by Crippen LogP contribution is 2.36. The van der Waals surface area contributed by atoms with Gasteiger partial charge in [-0.3, -0.25) is 9.59 Å². The number of rotatable bonds is 8. The molecule has 120 valence electrons. The summed E-state index contributed by atoms with van der Waals surface area (Å²) >= 11 is 0. The zero-order valence-corrected chi connectivity index (χ0v) is 13.3. The molecule has 0 radical (unpaired) electrons. The maximum atomic E-state index is 12.3. The zero-order valence-electron chi connectivity index (χ0n) is 13.3. The smallest absolute Gasteiger partial charge is 0.303 e. The molecule has 21 heavy (non-hydrogen) atoms. The van der Waals surface area contributed by atoms with Crippen LogP contribution in [0.5, 0.6) is 0 Å². The van der Waals surface area contributed by atoms with E-state index in [1.165, 1.54) is 0 Å². The van der Waals surface area contributed by atoms with Crippen molar-refractivity contribution in [2.75, 3.05) is 0 Å². The van der Waals surface area contributed by atoms with Crippen molar-refractivity contribution in [1.82, 2.24) is 0 Å². The molecular weight excluding hydrogens is 268 g/mol. The Morgan fingerprint density at radius 2 is 1.95 bits per heavy atom. The van der Waals surface area contributed by atoms with Gasteiger partial charge in [0, 0.05) is 11.3 Å². The van der Waals surface area contributed by atoms with Gasteiger partial charge in [-0.05, 0) is 31.3 Å². The van der Waals surface area contributed by atoms with E-state index in [-0.39, 0.29) is 29.5 Å². The highest BCUT2D eigenvalue weighted by molar-refractivity contribution is 5.94. The van der Waals surface area contributed by atoms with Crippen LogP contribution in [-0.2, 0) is 9.59 Å². The third kappa shape index (κ3) is 5.27. The minimum atomic E-state index is -0.894. The van der Waals surface area contributed by atoms with Crippen LogP contribution in [-0.4, -0.2) is 28.1 Å². The third-order valence-corrected chi connectivity index (χ3v) is 4.57. The number of allylic oxidation sites excluding steroid dienone is 2. The molecule has 1 saturated carbocycles. The molecule has 2 N–H and O–H groups in total. The van der Waals surface area contributed by atoms with Crippen molar-refractivity contribution in [1.29, 1.82) is 0 Å². The van der Waals surface area contributed by atoms with E-state index >= 15 is 0 Å². The van der Waals surface area contributed by atoms with E-state index in [9.17, 15) is 14.7 Å². The van der Waals surface area contributed by atoms with E-state index in [1.807, 2.05) is 19.9 Å². The Bertz CT molecular complexity index is 398. The fourth-order valence-corrected chi connectivity index (χ4v) is 2.98. The van der Waals surface area contributed by atoms with Crippen molar-refractivity contribution in [2.24, 2.45) is 17.3 Å². The van der Waals surface area contributed by atoms with Gasteiger partial charge in [-0.25, -0.2) is 0 Å². The Morgan fingerprint density at radius 3 is 2.52 bits per heavy atom.